The highest BCUT2D eigenvalue weighted by Crippen LogP contribution is 2.17. The Kier molecular flexibility index (Phi) is 3.48. The van der Waals surface area contributed by atoms with Crippen LogP contribution in [0.5, 0.6) is 0 Å². The Hall–Kier alpha value is -1.55. The van der Waals surface area contributed by atoms with Gasteiger partial charge in [-0.25, -0.2) is 0 Å². The predicted molar refractivity (Wildman–Crippen MR) is 59.1 cm³/mol. The van der Waals surface area contributed by atoms with Crippen molar-refractivity contribution in [3.63, 3.8) is 0 Å². The Labute approximate surface area is 85.7 Å². The fraction of sp³-hybridized carbons (Fsp3) is 0.308. The summed E-state index contributed by atoms with van der Waals surface area (Å²) in [6.07, 6.45) is 4.30. The minimum Gasteiger partial charge on any atom is -0.193 e. The second kappa shape index (κ2) is 4.62. The highest BCUT2D eigenvalue weighted by atomic mass is 14.2. The van der Waals surface area contributed by atoms with Crippen molar-refractivity contribution in [3.8, 4) is 6.07 Å². The largest absolute Gasteiger partial charge is 0.193 e. The van der Waals surface area contributed by atoms with Crippen molar-refractivity contribution in [2.24, 2.45) is 0 Å². The summed E-state index contributed by atoms with van der Waals surface area (Å²) in [7, 11) is 0. The van der Waals surface area contributed by atoms with Crippen molar-refractivity contribution >= 4 is 0 Å². The molecule has 0 radical (unpaired) electrons. The van der Waals surface area contributed by atoms with Gasteiger partial charge in [0.15, 0.2) is 0 Å². The van der Waals surface area contributed by atoms with Crippen molar-refractivity contribution in [2.45, 2.75) is 27.2 Å². The van der Waals surface area contributed by atoms with Crippen LogP contribution in [0, 0.1) is 32.1 Å². The Morgan fingerprint density at radius 2 is 1.79 bits per heavy atom. The molecule has 0 saturated heterocycles. The molecule has 1 aromatic carbocycles. The second-order valence-corrected chi connectivity index (χ2v) is 3.61. The van der Waals surface area contributed by atoms with Gasteiger partial charge < -0.3 is 0 Å². The summed E-state index contributed by atoms with van der Waals surface area (Å²) >= 11 is 0. The summed E-state index contributed by atoms with van der Waals surface area (Å²) in [6.45, 7) is 6.35. The zero-order valence-electron chi connectivity index (χ0n) is 8.96. The fourth-order valence-corrected chi connectivity index (χ4v) is 1.76. The number of hydrogen-bond donors (Lipinski definition) is 0. The van der Waals surface area contributed by atoms with E-state index in [1.165, 1.54) is 22.3 Å². The molecule has 0 atom stereocenters. The molecule has 0 amide bonds. The summed E-state index contributed by atoms with van der Waals surface area (Å²) in [4.78, 5) is 0. The highest BCUT2D eigenvalue weighted by molar-refractivity contribution is 5.38. The molecule has 1 rings (SSSR count). The smallest absolute Gasteiger partial charge is 0.0908 e. The molecule has 1 nitrogen and oxygen atoms in total. The lowest BCUT2D eigenvalue weighted by molar-refractivity contribution is 1.15. The number of rotatable bonds is 2. The maximum Gasteiger partial charge on any atom is 0.0908 e. The molecule has 0 N–H and O–H groups in total. The van der Waals surface area contributed by atoms with Gasteiger partial charge in [0.05, 0.1) is 6.07 Å². The third-order valence-electron chi connectivity index (χ3n) is 2.35. The van der Waals surface area contributed by atoms with Crippen LogP contribution in [-0.2, 0) is 6.42 Å². The average Bonchev–Trinajstić information content (AvgIpc) is 2.09. The van der Waals surface area contributed by atoms with E-state index in [-0.39, 0.29) is 0 Å². The van der Waals surface area contributed by atoms with Crippen LogP contribution in [0.1, 0.15) is 22.3 Å². The third kappa shape index (κ3) is 2.47. The monoisotopic (exact) mass is 185 g/mol. The average molecular weight is 185 g/mol. The van der Waals surface area contributed by atoms with E-state index in [4.69, 9.17) is 5.26 Å². The molecule has 0 aliphatic rings. The summed E-state index contributed by atoms with van der Waals surface area (Å²) in [5, 5.41) is 8.39. The van der Waals surface area contributed by atoms with Gasteiger partial charge in [-0.15, -0.1) is 0 Å². The van der Waals surface area contributed by atoms with E-state index in [1.54, 1.807) is 6.08 Å². The molecular weight excluding hydrogens is 170 g/mol. The van der Waals surface area contributed by atoms with Crippen molar-refractivity contribution in [2.75, 3.05) is 0 Å². The second-order valence-electron chi connectivity index (χ2n) is 3.61. The van der Waals surface area contributed by atoms with Gasteiger partial charge >= 0.3 is 0 Å². The molecule has 0 aliphatic heterocycles. The number of hydrogen-bond acceptors (Lipinski definition) is 1. The quantitative estimate of drug-likeness (QED) is 0.649. The first-order valence-corrected chi connectivity index (χ1v) is 4.76. The van der Waals surface area contributed by atoms with E-state index in [0.29, 0.717) is 0 Å². The molecule has 0 aliphatic carbocycles. The predicted octanol–water partition coefficient (Wildman–Crippen LogP) is 3.23. The van der Waals surface area contributed by atoms with E-state index < -0.39 is 0 Å². The van der Waals surface area contributed by atoms with Gasteiger partial charge in [0, 0.05) is 6.08 Å². The molecule has 0 aromatic heterocycles. The lowest BCUT2D eigenvalue weighted by Crippen LogP contribution is -1.93. The first-order chi connectivity index (χ1) is 6.65. The SMILES string of the molecule is Cc1cc(C)c(CC=CC#N)c(C)c1. The minimum absolute atomic E-state index is 0.853. The van der Waals surface area contributed by atoms with Gasteiger partial charge in [0.2, 0.25) is 0 Å². The number of aryl methyl sites for hydroxylation is 3. The normalized spacial score (nSPS) is 10.4. The number of allylic oxidation sites excluding steroid dienone is 2. The van der Waals surface area contributed by atoms with Gasteiger partial charge in [-0.1, -0.05) is 23.8 Å². The zero-order chi connectivity index (χ0) is 10.6. The zero-order valence-corrected chi connectivity index (χ0v) is 8.96. The molecule has 0 fully saturated rings. The van der Waals surface area contributed by atoms with E-state index in [2.05, 4.69) is 32.9 Å². The van der Waals surface area contributed by atoms with E-state index in [9.17, 15) is 0 Å². The maximum absolute atomic E-state index is 8.39. The first kappa shape index (κ1) is 10.5. The van der Waals surface area contributed by atoms with Crippen molar-refractivity contribution in [1.82, 2.24) is 0 Å². The Morgan fingerprint density at radius 3 is 2.29 bits per heavy atom. The van der Waals surface area contributed by atoms with Crippen LogP contribution in [0.2, 0.25) is 0 Å². The molecule has 0 heterocycles. The van der Waals surface area contributed by atoms with Crippen LogP contribution in [0.15, 0.2) is 24.3 Å². The van der Waals surface area contributed by atoms with Gasteiger partial charge in [-0.2, -0.15) is 5.26 Å². The van der Waals surface area contributed by atoms with Crippen molar-refractivity contribution in [1.29, 1.82) is 5.26 Å². The third-order valence-corrected chi connectivity index (χ3v) is 2.35. The molecule has 1 aromatic rings. The first-order valence-electron chi connectivity index (χ1n) is 4.76. The molecule has 14 heavy (non-hydrogen) atoms. The molecular formula is C13H15N. The van der Waals surface area contributed by atoms with Gasteiger partial charge in [-0.3, -0.25) is 0 Å². The van der Waals surface area contributed by atoms with Gasteiger partial charge in [-0.05, 0) is 43.9 Å². The lowest BCUT2D eigenvalue weighted by atomic mass is 9.97. The molecule has 0 saturated carbocycles. The Bertz CT molecular complexity index is 371. The molecule has 0 unspecified atom stereocenters. The Balaban J connectivity index is 2.98. The summed E-state index contributed by atoms with van der Waals surface area (Å²) in [5.74, 6) is 0. The van der Waals surface area contributed by atoms with Crippen LogP contribution in [-0.4, -0.2) is 0 Å². The van der Waals surface area contributed by atoms with Crippen molar-refractivity contribution in [3.05, 3.63) is 46.5 Å². The van der Waals surface area contributed by atoms with Crippen LogP contribution >= 0.6 is 0 Å². The lowest BCUT2D eigenvalue weighted by Gasteiger charge is -2.08. The Morgan fingerprint density at radius 1 is 1.21 bits per heavy atom. The molecule has 0 spiro atoms. The molecule has 0 bridgehead atoms. The van der Waals surface area contributed by atoms with Crippen LogP contribution in [0.4, 0.5) is 0 Å². The fourth-order valence-electron chi connectivity index (χ4n) is 1.76. The maximum atomic E-state index is 8.39. The van der Waals surface area contributed by atoms with Gasteiger partial charge in [0.1, 0.15) is 0 Å². The van der Waals surface area contributed by atoms with E-state index in [0.717, 1.165) is 6.42 Å². The van der Waals surface area contributed by atoms with Crippen LogP contribution in [0.25, 0.3) is 0 Å². The van der Waals surface area contributed by atoms with E-state index in [1.807, 2.05) is 12.1 Å². The summed E-state index contributed by atoms with van der Waals surface area (Å²) in [6, 6.07) is 6.37. The van der Waals surface area contributed by atoms with E-state index >= 15 is 0 Å². The summed E-state index contributed by atoms with van der Waals surface area (Å²) < 4.78 is 0. The number of nitriles is 1. The summed E-state index contributed by atoms with van der Waals surface area (Å²) in [5.41, 5.74) is 5.25. The van der Waals surface area contributed by atoms with Gasteiger partial charge in [0.25, 0.3) is 0 Å². The number of benzene rings is 1. The highest BCUT2D eigenvalue weighted by Gasteiger charge is 2.01. The minimum atomic E-state index is 0.853. The van der Waals surface area contributed by atoms with Crippen LogP contribution in [0.3, 0.4) is 0 Å². The topological polar surface area (TPSA) is 23.8 Å². The van der Waals surface area contributed by atoms with Crippen molar-refractivity contribution < 1.29 is 0 Å². The standard InChI is InChI=1S/C13H15N/c1-10-8-11(2)13(12(3)9-10)6-4-5-7-14/h4-5,8-9H,6H2,1-3H3. The number of nitrogens with zero attached hydrogens (tertiary/aromatic N) is 1. The molecule has 1 heteroatoms. The van der Waals surface area contributed by atoms with Crippen LogP contribution < -0.4 is 0 Å². The molecule has 72 valence electrons.